The highest BCUT2D eigenvalue weighted by molar-refractivity contribution is 5.98. The van der Waals surface area contributed by atoms with Gasteiger partial charge in [-0.15, -0.1) is 0 Å². The van der Waals surface area contributed by atoms with E-state index in [4.69, 9.17) is 5.41 Å². The fourth-order valence-electron chi connectivity index (χ4n) is 5.28. The zero-order valence-electron chi connectivity index (χ0n) is 23.5. The largest absolute Gasteiger partial charge is 0.367 e. The fraction of sp³-hybridized carbons (Fsp3) is 0.500. The Balaban J connectivity index is 1.42. The average molecular weight is 536 g/mol. The molecule has 1 aliphatic heterocycles. The molecule has 2 fully saturated rings. The summed E-state index contributed by atoms with van der Waals surface area (Å²) in [5.74, 6) is 1.91. The van der Waals surface area contributed by atoms with Gasteiger partial charge in [0.25, 0.3) is 5.91 Å². The van der Waals surface area contributed by atoms with E-state index >= 15 is 0 Å². The summed E-state index contributed by atoms with van der Waals surface area (Å²) in [5.41, 5.74) is 2.22. The Hall–Kier alpha value is -3.86. The molecule has 0 unspecified atom stereocenters. The monoisotopic (exact) mass is 535 g/mol. The van der Waals surface area contributed by atoms with E-state index in [1.54, 1.807) is 25.1 Å². The predicted octanol–water partition coefficient (Wildman–Crippen LogP) is 2.90. The first-order chi connectivity index (χ1) is 18.7. The number of pyridine rings is 1. The van der Waals surface area contributed by atoms with Crippen molar-refractivity contribution in [2.75, 3.05) is 76.4 Å². The summed E-state index contributed by atoms with van der Waals surface area (Å²) in [6, 6.07) is 5.89. The van der Waals surface area contributed by atoms with E-state index in [0.29, 0.717) is 48.3 Å². The van der Waals surface area contributed by atoms with Gasteiger partial charge in [-0.05, 0) is 45.1 Å². The summed E-state index contributed by atoms with van der Waals surface area (Å²) in [6.07, 6.45) is 7.33. The number of anilines is 3. The minimum Gasteiger partial charge on any atom is -0.367 e. The number of hydrogen-bond donors (Lipinski definition) is 3. The first-order valence-corrected chi connectivity index (χ1v) is 13.5. The number of carbonyl (C=O) groups is 2. The maximum atomic E-state index is 13.0. The van der Waals surface area contributed by atoms with Crippen molar-refractivity contribution >= 4 is 35.4 Å². The molecule has 210 valence electrons. The molecule has 2 aromatic heterocycles. The SMILES string of the molecule is C=C(Nc1ccc(N2CCN(C(=O)CN(C)C)CC2)cn1)Nc1c(C=N)cc(C(=O)N(C)C)n1C1CCCC1. The van der Waals surface area contributed by atoms with E-state index in [-0.39, 0.29) is 17.9 Å². The van der Waals surface area contributed by atoms with E-state index in [9.17, 15) is 9.59 Å². The minimum atomic E-state index is -0.0863. The lowest BCUT2D eigenvalue weighted by Crippen LogP contribution is -2.50. The molecule has 2 aliphatic rings. The molecule has 0 spiro atoms. The number of amides is 2. The van der Waals surface area contributed by atoms with Crippen LogP contribution < -0.4 is 15.5 Å². The Morgan fingerprint density at radius 2 is 1.79 bits per heavy atom. The quantitative estimate of drug-likeness (QED) is 0.401. The minimum absolute atomic E-state index is 0.0863. The highest BCUT2D eigenvalue weighted by Crippen LogP contribution is 2.36. The average Bonchev–Trinajstić information content (AvgIpc) is 3.56. The Morgan fingerprint density at radius 3 is 2.36 bits per heavy atom. The molecule has 39 heavy (non-hydrogen) atoms. The second kappa shape index (κ2) is 12.3. The van der Waals surface area contributed by atoms with Crippen LogP contribution >= 0.6 is 0 Å². The number of aromatic nitrogens is 2. The maximum Gasteiger partial charge on any atom is 0.270 e. The van der Waals surface area contributed by atoms with Crippen molar-refractivity contribution in [3.05, 3.63) is 48.1 Å². The first kappa shape index (κ1) is 28.2. The van der Waals surface area contributed by atoms with Gasteiger partial charge in [-0.2, -0.15) is 0 Å². The van der Waals surface area contributed by atoms with E-state index in [0.717, 1.165) is 44.5 Å². The number of nitrogens with zero attached hydrogens (tertiary/aromatic N) is 6. The molecule has 0 atom stereocenters. The Morgan fingerprint density at radius 1 is 1.10 bits per heavy atom. The van der Waals surface area contributed by atoms with E-state index in [1.807, 2.05) is 46.8 Å². The summed E-state index contributed by atoms with van der Waals surface area (Å²) >= 11 is 0. The predicted molar refractivity (Wildman–Crippen MR) is 156 cm³/mol. The molecule has 3 N–H and O–H groups in total. The van der Waals surface area contributed by atoms with Crippen molar-refractivity contribution in [3.63, 3.8) is 0 Å². The Labute approximate surface area is 231 Å². The topological polar surface area (TPSA) is 113 Å². The van der Waals surface area contributed by atoms with Crippen molar-refractivity contribution in [1.29, 1.82) is 5.41 Å². The van der Waals surface area contributed by atoms with Crippen molar-refractivity contribution in [1.82, 2.24) is 24.3 Å². The molecule has 0 aromatic carbocycles. The van der Waals surface area contributed by atoms with Gasteiger partial charge in [0.05, 0.1) is 18.4 Å². The van der Waals surface area contributed by atoms with Crippen LogP contribution in [0.25, 0.3) is 0 Å². The Bertz CT molecular complexity index is 1190. The van der Waals surface area contributed by atoms with Crippen molar-refractivity contribution in [3.8, 4) is 0 Å². The summed E-state index contributed by atoms with van der Waals surface area (Å²) in [7, 11) is 7.30. The molecule has 3 heterocycles. The lowest BCUT2D eigenvalue weighted by Gasteiger charge is -2.36. The lowest BCUT2D eigenvalue weighted by molar-refractivity contribution is -0.132. The second-order valence-electron chi connectivity index (χ2n) is 10.7. The molecule has 1 saturated carbocycles. The van der Waals surface area contributed by atoms with Crippen molar-refractivity contribution in [2.45, 2.75) is 31.7 Å². The summed E-state index contributed by atoms with van der Waals surface area (Å²) in [6.45, 7) is 7.49. The highest BCUT2D eigenvalue weighted by Gasteiger charge is 2.28. The van der Waals surface area contributed by atoms with Crippen LogP contribution in [0.5, 0.6) is 0 Å². The number of piperazine rings is 1. The third-order valence-corrected chi connectivity index (χ3v) is 7.28. The number of hydrogen-bond acceptors (Lipinski definition) is 8. The molecule has 4 rings (SSSR count). The highest BCUT2D eigenvalue weighted by atomic mass is 16.2. The van der Waals surface area contributed by atoms with Crippen LogP contribution in [0.1, 0.15) is 47.8 Å². The Kier molecular flexibility index (Phi) is 8.90. The van der Waals surface area contributed by atoms with Crippen LogP contribution in [0, 0.1) is 5.41 Å². The molecule has 11 nitrogen and oxygen atoms in total. The molecule has 0 radical (unpaired) electrons. The number of nitrogens with one attached hydrogen (secondary N) is 3. The van der Waals surface area contributed by atoms with Crippen LogP contribution in [0.4, 0.5) is 17.3 Å². The summed E-state index contributed by atoms with van der Waals surface area (Å²) < 4.78 is 2.04. The molecular weight excluding hydrogens is 494 g/mol. The number of likely N-dealkylation sites (N-methyl/N-ethyl adjacent to an activating group) is 1. The van der Waals surface area contributed by atoms with E-state index < -0.39 is 0 Å². The van der Waals surface area contributed by atoms with E-state index in [2.05, 4.69) is 27.1 Å². The molecule has 2 amide bonds. The molecule has 11 heteroatoms. The van der Waals surface area contributed by atoms with Gasteiger partial charge in [0.15, 0.2) is 0 Å². The zero-order valence-corrected chi connectivity index (χ0v) is 23.5. The fourth-order valence-corrected chi connectivity index (χ4v) is 5.28. The van der Waals surface area contributed by atoms with E-state index in [1.165, 1.54) is 6.21 Å². The normalized spacial score (nSPS) is 15.9. The maximum absolute atomic E-state index is 13.0. The molecular formula is C28H41N9O2. The van der Waals surface area contributed by atoms with Crippen LogP contribution in [0.2, 0.25) is 0 Å². The van der Waals surface area contributed by atoms with Crippen LogP contribution in [0.3, 0.4) is 0 Å². The summed E-state index contributed by atoms with van der Waals surface area (Å²) in [4.78, 5) is 37.5. The van der Waals surface area contributed by atoms with Crippen molar-refractivity contribution in [2.24, 2.45) is 0 Å². The molecule has 1 saturated heterocycles. The summed E-state index contributed by atoms with van der Waals surface area (Å²) in [5, 5.41) is 14.5. The van der Waals surface area contributed by atoms with Gasteiger partial charge in [0, 0.05) is 58.1 Å². The first-order valence-electron chi connectivity index (χ1n) is 13.5. The van der Waals surface area contributed by atoms with Gasteiger partial charge in [-0.3, -0.25) is 9.59 Å². The van der Waals surface area contributed by atoms with Crippen molar-refractivity contribution < 1.29 is 9.59 Å². The molecule has 2 aromatic rings. The third-order valence-electron chi connectivity index (χ3n) is 7.28. The van der Waals surface area contributed by atoms with Crippen LogP contribution in [-0.2, 0) is 4.79 Å². The van der Waals surface area contributed by atoms with Gasteiger partial charge in [-0.25, -0.2) is 4.98 Å². The van der Waals surface area contributed by atoms with Gasteiger partial charge < -0.3 is 40.2 Å². The lowest BCUT2D eigenvalue weighted by atomic mass is 10.2. The molecule has 1 aliphatic carbocycles. The second-order valence-corrected chi connectivity index (χ2v) is 10.7. The number of rotatable bonds is 10. The smallest absolute Gasteiger partial charge is 0.270 e. The van der Waals surface area contributed by atoms with Crippen LogP contribution in [0.15, 0.2) is 36.8 Å². The molecule has 0 bridgehead atoms. The standard InChI is InChI=1S/C28H41N9O2/c1-20(32-27-21(17-29)16-24(28(39)34(4)5)37(27)22-8-6-7-9-22)31-25-11-10-23(18-30-25)35-12-14-36(15-13-35)26(38)19-33(2)3/h10-11,16-18,22,29,32H,1,6-9,12-15,19H2,2-5H3,(H,30,31). The third kappa shape index (κ3) is 6.59. The van der Waals surface area contributed by atoms with Gasteiger partial charge in [-0.1, -0.05) is 19.4 Å². The van der Waals surface area contributed by atoms with Gasteiger partial charge in [0.2, 0.25) is 5.91 Å². The number of carbonyl (C=O) groups excluding carboxylic acids is 2. The zero-order chi connectivity index (χ0) is 28.1. The van der Waals surface area contributed by atoms with Gasteiger partial charge >= 0.3 is 0 Å². The van der Waals surface area contributed by atoms with Crippen LogP contribution in [-0.4, -0.2) is 103 Å². The van der Waals surface area contributed by atoms with Gasteiger partial charge in [0.1, 0.15) is 23.2 Å².